The third-order valence-electron chi connectivity index (χ3n) is 8.69. The van der Waals surface area contributed by atoms with Gasteiger partial charge in [-0.3, -0.25) is 9.59 Å². The number of ether oxygens (including phenoxy) is 2. The Hall–Kier alpha value is -5.88. The first-order valence-corrected chi connectivity index (χ1v) is 16.2. The molecule has 0 radical (unpaired) electrons. The van der Waals surface area contributed by atoms with Gasteiger partial charge in [0, 0.05) is 37.7 Å². The molecule has 0 aromatic heterocycles. The first-order valence-electron chi connectivity index (χ1n) is 16.2. The van der Waals surface area contributed by atoms with E-state index in [2.05, 4.69) is 11.9 Å². The Balaban J connectivity index is 1.37. The molecule has 258 valence electrons. The van der Waals surface area contributed by atoms with Gasteiger partial charge in [-0.15, -0.1) is 6.58 Å². The molecule has 0 unspecified atom stereocenters. The number of para-hydroxylation sites is 1. The zero-order valence-electron chi connectivity index (χ0n) is 27.6. The molecule has 50 heavy (non-hydrogen) atoms. The van der Waals surface area contributed by atoms with Gasteiger partial charge in [0.1, 0.15) is 29.5 Å². The van der Waals surface area contributed by atoms with Crippen LogP contribution in [-0.2, 0) is 29.1 Å². The Labute approximate surface area is 289 Å². The number of carbonyl (C=O) groups excluding carboxylic acids is 3. The van der Waals surface area contributed by atoms with Gasteiger partial charge in [-0.1, -0.05) is 66.7 Å². The number of phenolic OH excluding ortho intramolecular Hbond substituents is 1. The smallest absolute Gasteiger partial charge is 0.334 e. The van der Waals surface area contributed by atoms with E-state index >= 15 is 0 Å². The highest BCUT2D eigenvalue weighted by Crippen LogP contribution is 2.37. The van der Waals surface area contributed by atoms with Crippen molar-refractivity contribution in [3.05, 3.63) is 132 Å². The SMILES string of the molecule is C=CCN1CC(=O)N2[C@@H](Cc3ccc(O)cc3)C(=O)N(Cc3cccc(OC)c3Oc3cccc(F)c3)C[C@@H]2N1C(=O)NCc1ccccc1. The molecule has 11 nitrogen and oxygen atoms in total. The number of phenols is 1. The number of hydrogen-bond acceptors (Lipinski definition) is 7. The fourth-order valence-corrected chi connectivity index (χ4v) is 6.37. The third-order valence-corrected chi connectivity index (χ3v) is 8.69. The summed E-state index contributed by atoms with van der Waals surface area (Å²) in [7, 11) is 1.49. The summed E-state index contributed by atoms with van der Waals surface area (Å²) >= 11 is 0. The number of halogens is 1. The molecule has 6 rings (SSSR count). The molecule has 2 N–H and O–H groups in total. The number of nitrogens with zero attached hydrogens (tertiary/aromatic N) is 4. The predicted molar refractivity (Wildman–Crippen MR) is 183 cm³/mol. The van der Waals surface area contributed by atoms with Crippen molar-refractivity contribution in [2.75, 3.05) is 26.7 Å². The fraction of sp³-hybridized carbons (Fsp3) is 0.237. The van der Waals surface area contributed by atoms with E-state index in [0.717, 1.165) is 11.1 Å². The molecule has 0 aliphatic carbocycles. The number of amides is 4. The van der Waals surface area contributed by atoms with Crippen LogP contribution in [0.3, 0.4) is 0 Å². The number of benzene rings is 4. The molecule has 4 aromatic carbocycles. The summed E-state index contributed by atoms with van der Waals surface area (Å²) in [6.45, 7) is 4.19. The lowest BCUT2D eigenvalue weighted by Gasteiger charge is -2.55. The number of urea groups is 1. The molecule has 4 amide bonds. The first kappa shape index (κ1) is 34.0. The van der Waals surface area contributed by atoms with Gasteiger partial charge in [-0.05, 0) is 41.5 Å². The second-order valence-electron chi connectivity index (χ2n) is 12.0. The van der Waals surface area contributed by atoms with E-state index in [4.69, 9.17) is 9.47 Å². The Morgan fingerprint density at radius 1 is 1.00 bits per heavy atom. The zero-order valence-corrected chi connectivity index (χ0v) is 27.6. The molecule has 4 aromatic rings. The van der Waals surface area contributed by atoms with Crippen molar-refractivity contribution >= 4 is 17.8 Å². The predicted octanol–water partition coefficient (Wildman–Crippen LogP) is 5.07. The summed E-state index contributed by atoms with van der Waals surface area (Å²) in [5.74, 6) is -0.110. The van der Waals surface area contributed by atoms with Crippen molar-refractivity contribution in [1.82, 2.24) is 25.1 Å². The minimum atomic E-state index is -0.973. The standard InChI is InChI=1S/C38H38FN5O6/c1-3-19-42-25-35(46)43-32(20-26-15-17-30(45)18-16-26)37(47)41(24-34(43)44(42)38(48)40-22-27-9-5-4-6-10-27)23-28-11-7-14-33(49-2)36(28)50-31-13-8-12-29(39)21-31/h3-18,21,32,34,45H,1,19-20,22-25H2,2H3,(H,40,48)/t32-,34-/m0/s1. The van der Waals surface area contributed by atoms with Crippen molar-refractivity contribution in [2.24, 2.45) is 0 Å². The van der Waals surface area contributed by atoms with Gasteiger partial charge < -0.3 is 29.7 Å². The van der Waals surface area contributed by atoms with Gasteiger partial charge in [-0.25, -0.2) is 19.2 Å². The van der Waals surface area contributed by atoms with Gasteiger partial charge in [-0.2, -0.15) is 0 Å². The molecule has 12 heteroatoms. The molecule has 0 saturated carbocycles. The topological polar surface area (TPSA) is 115 Å². The van der Waals surface area contributed by atoms with Crippen LogP contribution in [0.25, 0.3) is 0 Å². The first-order chi connectivity index (χ1) is 24.2. The summed E-state index contributed by atoms with van der Waals surface area (Å²) in [5.41, 5.74) is 2.19. The Morgan fingerprint density at radius 2 is 1.76 bits per heavy atom. The van der Waals surface area contributed by atoms with Crippen molar-refractivity contribution < 1.29 is 33.4 Å². The van der Waals surface area contributed by atoms with Crippen molar-refractivity contribution in [1.29, 1.82) is 0 Å². The molecule has 2 saturated heterocycles. The quantitative estimate of drug-likeness (QED) is 0.213. The second-order valence-corrected chi connectivity index (χ2v) is 12.0. The van der Waals surface area contributed by atoms with Gasteiger partial charge in [0.05, 0.1) is 20.2 Å². The Morgan fingerprint density at radius 3 is 2.48 bits per heavy atom. The highest BCUT2D eigenvalue weighted by molar-refractivity contribution is 5.91. The number of piperazine rings is 1. The van der Waals surface area contributed by atoms with Crippen LogP contribution in [-0.4, -0.2) is 81.7 Å². The molecular formula is C38H38FN5O6. The van der Waals surface area contributed by atoms with Gasteiger partial charge in [0.2, 0.25) is 11.8 Å². The molecule has 2 aliphatic rings. The van der Waals surface area contributed by atoms with Crippen LogP contribution in [0.2, 0.25) is 0 Å². The number of nitrogens with one attached hydrogen (secondary N) is 1. The van der Waals surface area contributed by atoms with Crippen LogP contribution in [0, 0.1) is 5.82 Å². The van der Waals surface area contributed by atoms with Gasteiger partial charge in [0.25, 0.3) is 0 Å². The molecule has 2 fully saturated rings. The monoisotopic (exact) mass is 679 g/mol. The number of hydrogen-bond donors (Lipinski definition) is 2. The van der Waals surface area contributed by atoms with Crippen LogP contribution >= 0.6 is 0 Å². The van der Waals surface area contributed by atoms with E-state index in [0.29, 0.717) is 17.1 Å². The second kappa shape index (κ2) is 15.1. The summed E-state index contributed by atoms with van der Waals surface area (Å²) < 4.78 is 25.8. The van der Waals surface area contributed by atoms with E-state index in [1.54, 1.807) is 52.4 Å². The van der Waals surface area contributed by atoms with Crippen molar-refractivity contribution in [2.45, 2.75) is 31.7 Å². The maximum atomic E-state index is 14.5. The van der Waals surface area contributed by atoms with E-state index in [1.165, 1.54) is 47.4 Å². The summed E-state index contributed by atoms with van der Waals surface area (Å²) in [5, 5.41) is 16.0. The lowest BCUT2D eigenvalue weighted by atomic mass is 9.98. The molecule has 0 bridgehead atoms. The normalized spacial score (nSPS) is 17.7. The molecular weight excluding hydrogens is 641 g/mol. The number of hydrazine groups is 1. The van der Waals surface area contributed by atoms with E-state index in [1.807, 2.05) is 30.3 Å². The Kier molecular flexibility index (Phi) is 10.3. The number of rotatable bonds is 11. The van der Waals surface area contributed by atoms with Crippen molar-refractivity contribution in [3.8, 4) is 23.0 Å². The Bertz CT molecular complexity index is 1860. The van der Waals surface area contributed by atoms with Crippen molar-refractivity contribution in [3.63, 3.8) is 0 Å². The van der Waals surface area contributed by atoms with Crippen LogP contribution in [0.4, 0.5) is 9.18 Å². The number of carbonyl (C=O) groups is 3. The average Bonchev–Trinajstić information content (AvgIpc) is 3.11. The van der Waals surface area contributed by atoms with Crippen LogP contribution < -0.4 is 14.8 Å². The highest BCUT2D eigenvalue weighted by Gasteiger charge is 2.51. The minimum Gasteiger partial charge on any atom is -0.508 e. The van der Waals surface area contributed by atoms with Crippen LogP contribution in [0.5, 0.6) is 23.0 Å². The number of aromatic hydroxyl groups is 1. The summed E-state index contributed by atoms with van der Waals surface area (Å²) in [6, 6.07) is 25.5. The summed E-state index contributed by atoms with van der Waals surface area (Å²) in [4.78, 5) is 45.5. The van der Waals surface area contributed by atoms with E-state index in [-0.39, 0.29) is 62.5 Å². The van der Waals surface area contributed by atoms with Crippen LogP contribution in [0.15, 0.2) is 110 Å². The molecule has 2 aliphatic heterocycles. The summed E-state index contributed by atoms with van der Waals surface area (Å²) in [6.07, 6.45) is 0.889. The number of methoxy groups -OCH3 is 1. The van der Waals surface area contributed by atoms with Gasteiger partial charge >= 0.3 is 6.03 Å². The maximum Gasteiger partial charge on any atom is 0.334 e. The van der Waals surface area contributed by atoms with Gasteiger partial charge in [0.15, 0.2) is 11.5 Å². The fourth-order valence-electron chi connectivity index (χ4n) is 6.37. The molecule has 2 atom stereocenters. The van der Waals surface area contributed by atoms with Crippen LogP contribution in [0.1, 0.15) is 16.7 Å². The lowest BCUT2D eigenvalue weighted by molar-refractivity contribution is -0.189. The molecule has 0 spiro atoms. The molecule has 2 heterocycles. The lowest BCUT2D eigenvalue weighted by Crippen LogP contribution is -2.76. The minimum absolute atomic E-state index is 0.0142. The average molecular weight is 680 g/mol. The highest BCUT2D eigenvalue weighted by atomic mass is 19.1. The largest absolute Gasteiger partial charge is 0.508 e. The van der Waals surface area contributed by atoms with E-state index in [9.17, 15) is 23.9 Å². The third kappa shape index (κ3) is 7.40. The van der Waals surface area contributed by atoms with E-state index < -0.39 is 24.1 Å². The number of fused-ring (bicyclic) bond motifs is 1. The maximum absolute atomic E-state index is 14.5. The zero-order chi connectivity index (χ0) is 35.2.